The minimum Gasteiger partial charge on any atom is -0.481 e. The van der Waals surface area contributed by atoms with Crippen molar-refractivity contribution in [2.24, 2.45) is 0 Å². The van der Waals surface area contributed by atoms with Crippen LogP contribution >= 0.6 is 0 Å². The summed E-state index contributed by atoms with van der Waals surface area (Å²) < 4.78 is 28.5. The molecular weight excluding hydrogens is 302 g/mol. The van der Waals surface area contributed by atoms with Gasteiger partial charge in [-0.2, -0.15) is 0 Å². The lowest BCUT2D eigenvalue weighted by molar-refractivity contribution is -0.0774. The smallest absolute Gasteiger partial charge is 0.212 e. The third-order valence-corrected chi connectivity index (χ3v) is 6.42. The van der Waals surface area contributed by atoms with E-state index in [0.29, 0.717) is 18.0 Å². The van der Waals surface area contributed by atoms with Gasteiger partial charge in [0.25, 0.3) is 0 Å². The number of likely N-dealkylation sites (tertiary alicyclic amines) is 2. The summed E-state index contributed by atoms with van der Waals surface area (Å²) in [6, 6.07) is 4.81. The summed E-state index contributed by atoms with van der Waals surface area (Å²) in [7, 11) is -1.40. The summed E-state index contributed by atoms with van der Waals surface area (Å²) >= 11 is 0. The molecule has 0 amide bonds. The molecule has 0 saturated carbocycles. The van der Waals surface area contributed by atoms with E-state index >= 15 is 0 Å². The minimum atomic E-state index is -3.01. The molecule has 1 aromatic rings. The molecule has 0 radical (unpaired) electrons. The van der Waals surface area contributed by atoms with Crippen LogP contribution in [0.4, 0.5) is 0 Å². The second-order valence-corrected chi connectivity index (χ2v) is 8.65. The molecule has 2 fully saturated rings. The molecule has 7 heteroatoms. The summed E-state index contributed by atoms with van der Waals surface area (Å²) in [5.41, 5.74) is 1.17. The molecule has 2 bridgehead atoms. The SMILES string of the molecule is COc1ccc(CN2C3CC2CN(C(C)S(C)(=O)=O)C3)cn1. The third kappa shape index (κ3) is 2.98. The molecule has 22 heavy (non-hydrogen) atoms. The van der Waals surface area contributed by atoms with Gasteiger partial charge < -0.3 is 4.74 Å². The number of sulfone groups is 1. The van der Waals surface area contributed by atoms with Gasteiger partial charge in [0.15, 0.2) is 9.84 Å². The van der Waals surface area contributed by atoms with Crippen LogP contribution in [0.25, 0.3) is 0 Å². The summed E-state index contributed by atoms with van der Waals surface area (Å²) in [6.07, 6.45) is 4.33. The second-order valence-electron chi connectivity index (χ2n) is 6.31. The van der Waals surface area contributed by atoms with Crippen LogP contribution in [0.3, 0.4) is 0 Å². The van der Waals surface area contributed by atoms with Crippen molar-refractivity contribution >= 4 is 9.84 Å². The highest BCUT2D eigenvalue weighted by Gasteiger charge is 2.46. The van der Waals surface area contributed by atoms with E-state index in [1.165, 1.54) is 11.8 Å². The zero-order valence-corrected chi connectivity index (χ0v) is 14.1. The average Bonchev–Trinajstić information content (AvgIpc) is 2.51. The lowest BCUT2D eigenvalue weighted by Gasteiger charge is -2.57. The normalized spacial score (nSPS) is 27.2. The first kappa shape index (κ1) is 15.7. The van der Waals surface area contributed by atoms with E-state index in [1.54, 1.807) is 14.0 Å². The number of aromatic nitrogens is 1. The molecule has 0 aromatic carbocycles. The predicted octanol–water partition coefficient (Wildman–Crippen LogP) is 0.739. The van der Waals surface area contributed by atoms with Gasteiger partial charge in [0.1, 0.15) is 5.37 Å². The maximum atomic E-state index is 11.7. The average molecular weight is 325 g/mol. The summed E-state index contributed by atoms with van der Waals surface area (Å²) in [5, 5.41) is -0.386. The summed E-state index contributed by atoms with van der Waals surface area (Å²) in [5.74, 6) is 0.626. The van der Waals surface area contributed by atoms with Crippen molar-refractivity contribution in [3.63, 3.8) is 0 Å². The van der Waals surface area contributed by atoms with Gasteiger partial charge >= 0.3 is 0 Å². The Morgan fingerprint density at radius 1 is 1.36 bits per heavy atom. The fourth-order valence-corrected chi connectivity index (χ4v) is 4.10. The van der Waals surface area contributed by atoms with E-state index in [9.17, 15) is 8.42 Å². The number of piperazine rings is 1. The Morgan fingerprint density at radius 2 is 2.05 bits per heavy atom. The van der Waals surface area contributed by atoms with Crippen LogP contribution in [0.2, 0.25) is 0 Å². The summed E-state index contributed by atoms with van der Waals surface area (Å²) in [6.45, 7) is 4.31. The number of pyridine rings is 1. The van der Waals surface area contributed by atoms with E-state index < -0.39 is 9.84 Å². The maximum absolute atomic E-state index is 11.7. The van der Waals surface area contributed by atoms with Crippen LogP contribution in [-0.2, 0) is 16.4 Å². The van der Waals surface area contributed by atoms with Gasteiger partial charge in [-0.05, 0) is 18.9 Å². The fraction of sp³-hybridized carbons (Fsp3) is 0.667. The highest BCUT2D eigenvalue weighted by Crippen LogP contribution is 2.35. The first-order valence-electron chi connectivity index (χ1n) is 7.56. The molecule has 1 aromatic heterocycles. The van der Waals surface area contributed by atoms with Gasteiger partial charge in [-0.15, -0.1) is 0 Å². The van der Waals surface area contributed by atoms with Crippen LogP contribution < -0.4 is 4.74 Å². The molecule has 3 atom stereocenters. The van der Waals surface area contributed by atoms with Gasteiger partial charge in [0.2, 0.25) is 5.88 Å². The van der Waals surface area contributed by atoms with Crippen molar-refractivity contribution in [2.75, 3.05) is 26.5 Å². The molecule has 122 valence electrons. The summed E-state index contributed by atoms with van der Waals surface area (Å²) in [4.78, 5) is 8.79. The number of rotatable bonds is 5. The minimum absolute atomic E-state index is 0.386. The van der Waals surface area contributed by atoms with Crippen LogP contribution in [0, 0.1) is 0 Å². The number of ether oxygens (including phenoxy) is 1. The van der Waals surface area contributed by atoms with Crippen molar-refractivity contribution < 1.29 is 13.2 Å². The Hall–Kier alpha value is -1.18. The van der Waals surface area contributed by atoms with Crippen molar-refractivity contribution in [2.45, 2.75) is 37.3 Å². The molecule has 0 aliphatic carbocycles. The van der Waals surface area contributed by atoms with Crippen molar-refractivity contribution in [3.05, 3.63) is 23.9 Å². The Kier molecular flexibility index (Phi) is 4.13. The molecule has 2 saturated heterocycles. The molecule has 3 unspecified atom stereocenters. The molecule has 0 N–H and O–H groups in total. The van der Waals surface area contributed by atoms with Gasteiger partial charge in [0, 0.05) is 50.2 Å². The molecular formula is C15H23N3O3S. The second kappa shape index (κ2) is 5.79. The van der Waals surface area contributed by atoms with Crippen molar-refractivity contribution in [1.82, 2.24) is 14.8 Å². The van der Waals surface area contributed by atoms with Crippen LogP contribution in [0.1, 0.15) is 18.9 Å². The lowest BCUT2D eigenvalue weighted by atomic mass is 9.87. The van der Waals surface area contributed by atoms with Gasteiger partial charge in [-0.25, -0.2) is 13.4 Å². The van der Waals surface area contributed by atoms with Crippen LogP contribution in [0.15, 0.2) is 18.3 Å². The number of piperidine rings is 1. The Labute approximate surface area is 132 Å². The lowest BCUT2D eigenvalue weighted by Crippen LogP contribution is -2.69. The Bertz CT molecular complexity index is 620. The molecule has 6 nitrogen and oxygen atoms in total. The zero-order valence-electron chi connectivity index (χ0n) is 13.3. The van der Waals surface area contributed by atoms with Gasteiger partial charge in [-0.3, -0.25) is 9.80 Å². The van der Waals surface area contributed by atoms with Crippen molar-refractivity contribution in [1.29, 1.82) is 0 Å². The van der Waals surface area contributed by atoms with Gasteiger partial charge in [-0.1, -0.05) is 6.07 Å². The molecule has 2 aliphatic rings. The third-order valence-electron chi connectivity index (χ3n) is 4.88. The van der Waals surface area contributed by atoms with E-state index in [0.717, 1.165) is 26.1 Å². The van der Waals surface area contributed by atoms with E-state index in [2.05, 4.69) is 14.8 Å². The molecule has 2 aliphatic heterocycles. The number of hydrogen-bond acceptors (Lipinski definition) is 6. The fourth-order valence-electron chi connectivity index (χ4n) is 3.38. The highest BCUT2D eigenvalue weighted by molar-refractivity contribution is 7.91. The van der Waals surface area contributed by atoms with Gasteiger partial charge in [0.05, 0.1) is 7.11 Å². The number of nitrogens with zero attached hydrogens (tertiary/aromatic N) is 3. The first-order chi connectivity index (χ1) is 10.4. The van der Waals surface area contributed by atoms with Crippen molar-refractivity contribution in [3.8, 4) is 5.88 Å². The number of fused-ring (bicyclic) bond motifs is 2. The highest BCUT2D eigenvalue weighted by atomic mass is 32.2. The predicted molar refractivity (Wildman–Crippen MR) is 84.4 cm³/mol. The Morgan fingerprint density at radius 3 is 2.55 bits per heavy atom. The monoisotopic (exact) mass is 325 g/mol. The topological polar surface area (TPSA) is 62.7 Å². The quantitative estimate of drug-likeness (QED) is 0.796. The number of hydrogen-bond donors (Lipinski definition) is 0. The van der Waals surface area contributed by atoms with Crippen LogP contribution in [-0.4, -0.2) is 67.1 Å². The van der Waals surface area contributed by atoms with E-state index in [-0.39, 0.29) is 5.37 Å². The molecule has 3 rings (SSSR count). The van der Waals surface area contributed by atoms with Crippen LogP contribution in [0.5, 0.6) is 5.88 Å². The largest absolute Gasteiger partial charge is 0.481 e. The standard InChI is InChI=1S/C15H23N3O3S/c1-11(22(3,19)20)17-9-13-6-14(10-17)18(13)8-12-4-5-15(21-2)16-7-12/h4-5,7,11,13-14H,6,8-10H2,1-3H3. The molecule has 0 spiro atoms. The first-order valence-corrected chi connectivity index (χ1v) is 9.51. The number of methoxy groups -OCH3 is 1. The Balaban J connectivity index is 1.61. The zero-order chi connectivity index (χ0) is 15.9. The van der Waals surface area contributed by atoms with E-state index in [1.807, 2.05) is 18.3 Å². The molecule has 3 heterocycles. The van der Waals surface area contributed by atoms with E-state index in [4.69, 9.17) is 4.74 Å². The maximum Gasteiger partial charge on any atom is 0.212 e.